The van der Waals surface area contributed by atoms with E-state index in [1.807, 2.05) is 7.05 Å². The maximum atomic E-state index is 12.4. The molecule has 0 aromatic carbocycles. The van der Waals surface area contributed by atoms with Crippen molar-refractivity contribution in [2.45, 2.75) is 19.6 Å². The molecule has 0 radical (unpaired) electrons. The third-order valence-corrected chi connectivity index (χ3v) is 3.12. The van der Waals surface area contributed by atoms with Crippen LogP contribution in [-0.2, 0) is 17.5 Å². The van der Waals surface area contributed by atoms with E-state index < -0.39 is 11.9 Å². The van der Waals surface area contributed by atoms with E-state index in [-0.39, 0.29) is 5.41 Å². The van der Waals surface area contributed by atoms with Gasteiger partial charge in [0.2, 0.25) is 0 Å². The van der Waals surface area contributed by atoms with Gasteiger partial charge in [-0.1, -0.05) is 13.0 Å². The number of rotatable bonds is 4. The molecule has 2 heterocycles. The van der Waals surface area contributed by atoms with E-state index in [0.29, 0.717) is 6.54 Å². The lowest BCUT2D eigenvalue weighted by atomic mass is 9.88. The molecule has 6 heteroatoms. The maximum absolute atomic E-state index is 12.4. The van der Waals surface area contributed by atoms with Gasteiger partial charge in [0.05, 0.1) is 13.2 Å². The number of alkyl halides is 3. The van der Waals surface area contributed by atoms with Crippen LogP contribution in [0.3, 0.4) is 0 Å². The normalized spacial score (nSPS) is 18.4. The monoisotopic (exact) mass is 274 g/mol. The van der Waals surface area contributed by atoms with Crippen LogP contribution < -0.4 is 0 Å². The minimum atomic E-state index is -4.37. The van der Waals surface area contributed by atoms with E-state index in [2.05, 4.69) is 16.8 Å². The van der Waals surface area contributed by atoms with Crippen molar-refractivity contribution in [3.05, 3.63) is 29.6 Å². The van der Waals surface area contributed by atoms with Crippen LogP contribution in [0.1, 0.15) is 18.2 Å². The van der Waals surface area contributed by atoms with Gasteiger partial charge in [0.25, 0.3) is 0 Å². The van der Waals surface area contributed by atoms with E-state index in [4.69, 9.17) is 4.74 Å². The highest BCUT2D eigenvalue weighted by molar-refractivity contribution is 5.15. The first-order chi connectivity index (χ1) is 8.78. The summed E-state index contributed by atoms with van der Waals surface area (Å²) in [5.41, 5.74) is 0.0891. The average molecular weight is 274 g/mol. The third-order valence-electron chi connectivity index (χ3n) is 3.12. The Labute approximate surface area is 110 Å². The van der Waals surface area contributed by atoms with Crippen LogP contribution in [0.2, 0.25) is 0 Å². The number of ether oxygens (including phenoxy) is 1. The number of halogens is 3. The summed E-state index contributed by atoms with van der Waals surface area (Å²) in [5, 5.41) is 0. The molecule has 0 N–H and O–H groups in total. The second-order valence-electron chi connectivity index (χ2n) is 5.53. The van der Waals surface area contributed by atoms with Crippen molar-refractivity contribution < 1.29 is 17.9 Å². The lowest BCUT2D eigenvalue weighted by molar-refractivity contribution is -0.141. The van der Waals surface area contributed by atoms with E-state index in [0.717, 1.165) is 31.4 Å². The summed E-state index contributed by atoms with van der Waals surface area (Å²) in [6.07, 6.45) is -3.08. The highest BCUT2D eigenvalue weighted by atomic mass is 19.4. The Balaban J connectivity index is 1.92. The summed E-state index contributed by atoms with van der Waals surface area (Å²) in [5.74, 6) is 0. The minimum absolute atomic E-state index is 0.161. The zero-order valence-electron chi connectivity index (χ0n) is 11.0. The van der Waals surface area contributed by atoms with Crippen LogP contribution >= 0.6 is 0 Å². The van der Waals surface area contributed by atoms with Gasteiger partial charge in [-0.3, -0.25) is 4.98 Å². The predicted octanol–water partition coefficient (Wildman–Crippen LogP) is 2.57. The van der Waals surface area contributed by atoms with Crippen LogP contribution in [0, 0.1) is 5.41 Å². The molecule has 1 aliphatic rings. The summed E-state index contributed by atoms with van der Waals surface area (Å²) in [4.78, 5) is 5.53. The third kappa shape index (κ3) is 3.67. The number of hydrogen-bond acceptors (Lipinski definition) is 3. The second-order valence-corrected chi connectivity index (χ2v) is 5.53. The van der Waals surface area contributed by atoms with Gasteiger partial charge in [0.1, 0.15) is 5.69 Å². The molecule has 1 fully saturated rings. The fraction of sp³-hybridized carbons (Fsp3) is 0.615. The number of hydrogen-bond donors (Lipinski definition) is 0. The number of aromatic nitrogens is 1. The Bertz CT molecular complexity index is 427. The van der Waals surface area contributed by atoms with E-state index in [1.165, 1.54) is 12.3 Å². The molecule has 0 bridgehead atoms. The van der Waals surface area contributed by atoms with Crippen LogP contribution in [0.5, 0.6) is 0 Å². The van der Waals surface area contributed by atoms with Gasteiger partial charge in [-0.2, -0.15) is 13.2 Å². The van der Waals surface area contributed by atoms with E-state index in [1.54, 1.807) is 0 Å². The van der Waals surface area contributed by atoms with Gasteiger partial charge in [0.15, 0.2) is 0 Å². The van der Waals surface area contributed by atoms with Crippen molar-refractivity contribution in [1.29, 1.82) is 0 Å². The topological polar surface area (TPSA) is 25.4 Å². The quantitative estimate of drug-likeness (QED) is 0.843. The molecule has 1 aliphatic heterocycles. The molecular formula is C13H17F3N2O. The molecule has 1 aromatic heterocycles. The lowest BCUT2D eigenvalue weighted by Gasteiger charge is -2.40. The standard InChI is InChI=1S/C13H17F3N2O/c1-12(8-19-9-12)7-18(2)6-10-3-4-11(17-5-10)13(14,15)16/h3-5H,6-9H2,1-2H3. The van der Waals surface area contributed by atoms with Crippen molar-refractivity contribution in [3.8, 4) is 0 Å². The highest BCUT2D eigenvalue weighted by Gasteiger charge is 2.34. The predicted molar refractivity (Wildman–Crippen MR) is 64.5 cm³/mol. The van der Waals surface area contributed by atoms with Gasteiger partial charge in [-0.15, -0.1) is 0 Å². The largest absolute Gasteiger partial charge is 0.433 e. The molecule has 1 saturated heterocycles. The molecular weight excluding hydrogens is 257 g/mol. The smallest absolute Gasteiger partial charge is 0.380 e. The van der Waals surface area contributed by atoms with Crippen LogP contribution in [0.4, 0.5) is 13.2 Å². The van der Waals surface area contributed by atoms with Gasteiger partial charge < -0.3 is 9.64 Å². The Morgan fingerprint density at radius 2 is 2.05 bits per heavy atom. The minimum Gasteiger partial charge on any atom is -0.380 e. The van der Waals surface area contributed by atoms with Crippen molar-refractivity contribution >= 4 is 0 Å². The first-order valence-electron chi connectivity index (χ1n) is 6.07. The summed E-state index contributed by atoms with van der Waals surface area (Å²) in [6.45, 7) is 5.05. The second kappa shape index (κ2) is 5.09. The molecule has 1 aromatic rings. The summed E-state index contributed by atoms with van der Waals surface area (Å²) >= 11 is 0. The van der Waals surface area contributed by atoms with Crippen LogP contribution in [-0.4, -0.2) is 36.7 Å². The Morgan fingerprint density at radius 1 is 1.37 bits per heavy atom. The molecule has 19 heavy (non-hydrogen) atoms. The van der Waals surface area contributed by atoms with Gasteiger partial charge in [-0.25, -0.2) is 0 Å². The number of pyridine rings is 1. The fourth-order valence-corrected chi connectivity index (χ4v) is 2.25. The van der Waals surface area contributed by atoms with Crippen LogP contribution in [0.25, 0.3) is 0 Å². The molecule has 0 aliphatic carbocycles. The fourth-order valence-electron chi connectivity index (χ4n) is 2.25. The summed E-state index contributed by atoms with van der Waals surface area (Å²) in [7, 11) is 1.95. The maximum Gasteiger partial charge on any atom is 0.433 e. The molecule has 0 spiro atoms. The Kier molecular flexibility index (Phi) is 3.82. The molecule has 0 saturated carbocycles. The summed E-state index contributed by atoms with van der Waals surface area (Å²) in [6, 6.07) is 2.50. The van der Waals surface area contributed by atoms with Gasteiger partial charge >= 0.3 is 6.18 Å². The summed E-state index contributed by atoms with van der Waals surface area (Å²) < 4.78 is 42.3. The molecule has 2 rings (SSSR count). The average Bonchev–Trinajstić information content (AvgIpc) is 2.26. The molecule has 0 amide bonds. The van der Waals surface area contributed by atoms with Crippen molar-refractivity contribution in [1.82, 2.24) is 9.88 Å². The SMILES string of the molecule is CN(Cc1ccc(C(F)(F)F)nc1)CC1(C)COC1. The van der Waals surface area contributed by atoms with Gasteiger partial charge in [-0.05, 0) is 18.7 Å². The van der Waals surface area contributed by atoms with Crippen molar-refractivity contribution in [2.24, 2.45) is 5.41 Å². The molecule has 3 nitrogen and oxygen atoms in total. The molecule has 0 atom stereocenters. The van der Waals surface area contributed by atoms with Crippen molar-refractivity contribution in [2.75, 3.05) is 26.8 Å². The van der Waals surface area contributed by atoms with Crippen LogP contribution in [0.15, 0.2) is 18.3 Å². The van der Waals surface area contributed by atoms with Crippen molar-refractivity contribution in [3.63, 3.8) is 0 Å². The lowest BCUT2D eigenvalue weighted by Crippen LogP contribution is -2.47. The highest BCUT2D eigenvalue weighted by Crippen LogP contribution is 2.29. The first kappa shape index (κ1) is 14.3. The Morgan fingerprint density at radius 3 is 2.47 bits per heavy atom. The van der Waals surface area contributed by atoms with E-state index >= 15 is 0 Å². The molecule has 106 valence electrons. The van der Waals surface area contributed by atoms with Gasteiger partial charge in [0, 0.05) is 24.7 Å². The number of nitrogens with zero attached hydrogens (tertiary/aromatic N) is 2. The zero-order chi connectivity index (χ0) is 14.1. The molecule has 0 unspecified atom stereocenters. The zero-order valence-corrected chi connectivity index (χ0v) is 11.0. The first-order valence-corrected chi connectivity index (χ1v) is 6.07. The van der Waals surface area contributed by atoms with E-state index in [9.17, 15) is 13.2 Å². The Hall–Kier alpha value is -1.14.